The Bertz CT molecular complexity index is 840. The molecule has 3 aromatic heterocycles. The van der Waals surface area contributed by atoms with Gasteiger partial charge in [-0.05, 0) is 26.3 Å². The van der Waals surface area contributed by atoms with E-state index in [2.05, 4.69) is 16.3 Å². The molecular formula is C16H22N6O. The van der Waals surface area contributed by atoms with Gasteiger partial charge in [0, 0.05) is 45.3 Å². The fourth-order valence-electron chi connectivity index (χ4n) is 2.87. The van der Waals surface area contributed by atoms with Crippen LogP contribution in [0, 0.1) is 13.8 Å². The van der Waals surface area contributed by atoms with Gasteiger partial charge in [0.15, 0.2) is 0 Å². The third kappa shape index (κ3) is 2.86. The quantitative estimate of drug-likeness (QED) is 0.719. The van der Waals surface area contributed by atoms with Gasteiger partial charge in [-0.15, -0.1) is 0 Å². The van der Waals surface area contributed by atoms with Crippen LogP contribution in [0.3, 0.4) is 0 Å². The van der Waals surface area contributed by atoms with Crippen molar-refractivity contribution < 1.29 is 4.79 Å². The summed E-state index contributed by atoms with van der Waals surface area (Å²) in [5.74, 6) is -0.00447. The van der Waals surface area contributed by atoms with Crippen LogP contribution in [0.2, 0.25) is 0 Å². The molecule has 0 bridgehead atoms. The molecule has 0 radical (unpaired) electrons. The molecule has 0 unspecified atom stereocenters. The molecule has 0 N–H and O–H groups in total. The zero-order valence-electron chi connectivity index (χ0n) is 14.0. The average Bonchev–Trinajstić information content (AvgIpc) is 3.16. The summed E-state index contributed by atoms with van der Waals surface area (Å²) in [5, 5.41) is 8.66. The van der Waals surface area contributed by atoms with Crippen molar-refractivity contribution in [3.63, 3.8) is 0 Å². The molecule has 1 amide bonds. The highest BCUT2D eigenvalue weighted by atomic mass is 16.2. The first-order chi connectivity index (χ1) is 11.0. The number of aryl methyl sites for hydroxylation is 4. The number of nitrogens with zero attached hydrogens (tertiary/aromatic N) is 6. The van der Waals surface area contributed by atoms with Crippen molar-refractivity contribution >= 4 is 11.6 Å². The number of rotatable bonds is 5. The van der Waals surface area contributed by atoms with Gasteiger partial charge in [-0.1, -0.05) is 0 Å². The Morgan fingerprint density at radius 2 is 2.09 bits per heavy atom. The number of hydrogen-bond acceptors (Lipinski definition) is 3. The second-order valence-electron chi connectivity index (χ2n) is 5.97. The summed E-state index contributed by atoms with van der Waals surface area (Å²) in [4.78, 5) is 14.4. The first-order valence-corrected chi connectivity index (χ1v) is 7.72. The second kappa shape index (κ2) is 5.91. The van der Waals surface area contributed by atoms with E-state index >= 15 is 0 Å². The van der Waals surface area contributed by atoms with Gasteiger partial charge in [-0.2, -0.15) is 10.2 Å². The fourth-order valence-corrected chi connectivity index (χ4v) is 2.87. The Balaban J connectivity index is 1.64. The molecule has 0 aliphatic heterocycles. The zero-order chi connectivity index (χ0) is 16.6. The monoisotopic (exact) mass is 314 g/mol. The molecule has 0 spiro atoms. The summed E-state index contributed by atoms with van der Waals surface area (Å²) in [5.41, 5.74) is 3.63. The largest absolute Gasteiger partial charge is 0.341 e. The number of imidazole rings is 1. The second-order valence-corrected chi connectivity index (χ2v) is 5.97. The lowest BCUT2D eigenvalue weighted by Gasteiger charge is -2.16. The summed E-state index contributed by atoms with van der Waals surface area (Å²) in [6.07, 6.45) is 6.23. The first kappa shape index (κ1) is 15.3. The van der Waals surface area contributed by atoms with Gasteiger partial charge in [-0.3, -0.25) is 9.48 Å². The van der Waals surface area contributed by atoms with E-state index in [1.165, 1.54) is 0 Å². The van der Waals surface area contributed by atoms with Crippen LogP contribution in [-0.2, 0) is 13.6 Å². The van der Waals surface area contributed by atoms with E-state index in [-0.39, 0.29) is 5.91 Å². The molecule has 122 valence electrons. The number of hydrogen-bond donors (Lipinski definition) is 0. The van der Waals surface area contributed by atoms with Gasteiger partial charge in [0.05, 0.1) is 11.9 Å². The summed E-state index contributed by atoms with van der Waals surface area (Å²) in [6.45, 7) is 5.53. The number of aromatic nitrogens is 5. The van der Waals surface area contributed by atoms with Crippen LogP contribution in [0.5, 0.6) is 0 Å². The predicted octanol–water partition coefficient (Wildman–Crippen LogP) is 1.65. The van der Waals surface area contributed by atoms with Crippen LogP contribution in [0.15, 0.2) is 24.7 Å². The van der Waals surface area contributed by atoms with Crippen molar-refractivity contribution in [1.29, 1.82) is 0 Å². The fraction of sp³-hybridized carbons (Fsp3) is 0.438. The first-order valence-electron chi connectivity index (χ1n) is 7.72. The molecule has 3 rings (SSSR count). The van der Waals surface area contributed by atoms with Gasteiger partial charge < -0.3 is 9.47 Å². The van der Waals surface area contributed by atoms with E-state index < -0.39 is 0 Å². The van der Waals surface area contributed by atoms with E-state index in [9.17, 15) is 4.79 Å². The Morgan fingerprint density at radius 1 is 1.30 bits per heavy atom. The maximum absolute atomic E-state index is 12.6. The summed E-state index contributed by atoms with van der Waals surface area (Å²) in [6, 6.07) is 2.06. The molecule has 0 aliphatic carbocycles. The minimum absolute atomic E-state index is 0.00447. The number of carbonyl (C=O) groups excluding carboxylic acids is 1. The lowest BCUT2D eigenvalue weighted by Crippen LogP contribution is -2.28. The third-order valence-electron chi connectivity index (χ3n) is 4.08. The minimum Gasteiger partial charge on any atom is -0.341 e. The topological polar surface area (TPSA) is 60.4 Å². The zero-order valence-corrected chi connectivity index (χ0v) is 14.0. The molecule has 0 aliphatic rings. The van der Waals surface area contributed by atoms with E-state index in [1.54, 1.807) is 15.6 Å². The Kier molecular flexibility index (Phi) is 3.94. The predicted molar refractivity (Wildman–Crippen MR) is 87.4 cm³/mol. The summed E-state index contributed by atoms with van der Waals surface area (Å²) >= 11 is 0. The van der Waals surface area contributed by atoms with Crippen LogP contribution < -0.4 is 0 Å². The molecule has 0 saturated carbocycles. The standard InChI is InChI=1S/C16H22N6O/c1-12-10-13(2)21(18-12)7-5-6-20(4)16(23)14-11-17-22-9-8-19(3)15(14)22/h8-11H,5-7H2,1-4H3. The van der Waals surface area contributed by atoms with Crippen molar-refractivity contribution in [3.8, 4) is 0 Å². The van der Waals surface area contributed by atoms with Crippen molar-refractivity contribution in [1.82, 2.24) is 28.9 Å². The van der Waals surface area contributed by atoms with Gasteiger partial charge in [0.2, 0.25) is 0 Å². The number of carbonyl (C=O) groups is 1. The lowest BCUT2D eigenvalue weighted by atomic mass is 10.3. The Labute approximate surface area is 135 Å². The highest BCUT2D eigenvalue weighted by molar-refractivity contribution is 5.99. The van der Waals surface area contributed by atoms with Gasteiger partial charge >= 0.3 is 0 Å². The van der Waals surface area contributed by atoms with Crippen LogP contribution in [0.4, 0.5) is 0 Å². The summed E-state index contributed by atoms with van der Waals surface area (Å²) < 4.78 is 5.61. The van der Waals surface area contributed by atoms with Gasteiger partial charge in [0.25, 0.3) is 5.91 Å². The third-order valence-corrected chi connectivity index (χ3v) is 4.08. The molecule has 3 aromatic rings. The van der Waals surface area contributed by atoms with E-state index in [4.69, 9.17) is 0 Å². The molecule has 0 saturated heterocycles. The Morgan fingerprint density at radius 3 is 2.78 bits per heavy atom. The van der Waals surface area contributed by atoms with Crippen molar-refractivity contribution in [2.45, 2.75) is 26.8 Å². The lowest BCUT2D eigenvalue weighted by molar-refractivity contribution is 0.0793. The van der Waals surface area contributed by atoms with Gasteiger partial charge in [-0.25, -0.2) is 4.52 Å². The smallest absolute Gasteiger partial charge is 0.259 e. The van der Waals surface area contributed by atoms with Gasteiger partial charge in [0.1, 0.15) is 11.2 Å². The number of fused-ring (bicyclic) bond motifs is 1. The Hall–Kier alpha value is -2.57. The van der Waals surface area contributed by atoms with Crippen molar-refractivity contribution in [2.75, 3.05) is 13.6 Å². The molecule has 23 heavy (non-hydrogen) atoms. The maximum atomic E-state index is 12.6. The minimum atomic E-state index is -0.00447. The van der Waals surface area contributed by atoms with Crippen LogP contribution in [0.1, 0.15) is 28.2 Å². The highest BCUT2D eigenvalue weighted by Crippen LogP contribution is 2.13. The molecule has 0 fully saturated rings. The molecule has 0 aromatic carbocycles. The average molecular weight is 314 g/mol. The highest BCUT2D eigenvalue weighted by Gasteiger charge is 2.18. The van der Waals surface area contributed by atoms with Crippen molar-refractivity contribution in [2.24, 2.45) is 7.05 Å². The molecule has 3 heterocycles. The van der Waals surface area contributed by atoms with E-state index in [1.807, 2.05) is 49.6 Å². The molecule has 7 nitrogen and oxygen atoms in total. The SMILES string of the molecule is Cc1cc(C)n(CCCN(C)C(=O)c2cnn3ccn(C)c23)n1. The van der Waals surface area contributed by atoms with Crippen LogP contribution in [-0.4, -0.2) is 48.4 Å². The number of amides is 1. The van der Waals surface area contributed by atoms with Crippen LogP contribution >= 0.6 is 0 Å². The molecule has 0 atom stereocenters. The molecular weight excluding hydrogens is 292 g/mol. The van der Waals surface area contributed by atoms with E-state index in [0.717, 1.165) is 30.0 Å². The van der Waals surface area contributed by atoms with Crippen molar-refractivity contribution in [3.05, 3.63) is 41.6 Å². The molecule has 7 heteroatoms. The van der Waals surface area contributed by atoms with E-state index in [0.29, 0.717) is 12.1 Å². The van der Waals surface area contributed by atoms with Crippen LogP contribution in [0.25, 0.3) is 5.65 Å². The summed E-state index contributed by atoms with van der Waals surface area (Å²) in [7, 11) is 3.74. The maximum Gasteiger partial charge on any atom is 0.259 e. The normalized spacial score (nSPS) is 11.3.